The maximum Gasteiger partial charge on any atom is 0.279 e. The van der Waals surface area contributed by atoms with Crippen LogP contribution in [0.25, 0.3) is 0 Å². The van der Waals surface area contributed by atoms with E-state index >= 15 is 0 Å². The molecule has 1 saturated carbocycles. The number of rotatable bonds is 6. The van der Waals surface area contributed by atoms with Gasteiger partial charge in [0.15, 0.2) is 0 Å². The number of hydrogen-bond acceptors (Lipinski definition) is 5. The van der Waals surface area contributed by atoms with Crippen LogP contribution >= 0.6 is 0 Å². The molecule has 0 spiro atoms. The van der Waals surface area contributed by atoms with Crippen LogP contribution in [0.15, 0.2) is 49.1 Å². The standard InChI is InChI=1S/C25H30N6O2/c1-17-9-11-20(12-10-17)31(25(33)22-15-26-13-14-27-22)23(21-16-30(3)29-18(21)2)24(32)28-19-7-5-4-6-8-19/h9-16,19,23H,4-8H2,1-3H3,(H,28,32). The van der Waals surface area contributed by atoms with Crippen molar-refractivity contribution in [2.75, 3.05) is 4.90 Å². The molecule has 0 aliphatic heterocycles. The number of hydrogen-bond donors (Lipinski definition) is 1. The van der Waals surface area contributed by atoms with Gasteiger partial charge in [-0.1, -0.05) is 37.0 Å². The molecule has 1 N–H and O–H groups in total. The van der Waals surface area contributed by atoms with Crippen molar-refractivity contribution < 1.29 is 9.59 Å². The number of nitrogens with zero attached hydrogens (tertiary/aromatic N) is 5. The lowest BCUT2D eigenvalue weighted by atomic mass is 9.94. The molecule has 172 valence electrons. The Labute approximate surface area is 194 Å². The fourth-order valence-electron chi connectivity index (χ4n) is 4.43. The van der Waals surface area contributed by atoms with Crippen molar-refractivity contribution in [1.82, 2.24) is 25.1 Å². The first kappa shape index (κ1) is 22.6. The summed E-state index contributed by atoms with van der Waals surface area (Å²) in [7, 11) is 1.81. The first-order valence-electron chi connectivity index (χ1n) is 11.4. The van der Waals surface area contributed by atoms with Crippen molar-refractivity contribution in [3.05, 3.63) is 71.6 Å². The van der Waals surface area contributed by atoms with E-state index in [2.05, 4.69) is 20.4 Å². The Morgan fingerprint density at radius 3 is 2.42 bits per heavy atom. The van der Waals surface area contributed by atoms with Gasteiger partial charge in [0, 0.05) is 42.9 Å². The van der Waals surface area contributed by atoms with Gasteiger partial charge in [0.25, 0.3) is 5.91 Å². The largest absolute Gasteiger partial charge is 0.351 e. The number of amides is 2. The van der Waals surface area contributed by atoms with Gasteiger partial charge in [0.2, 0.25) is 5.91 Å². The topological polar surface area (TPSA) is 93.0 Å². The predicted octanol–water partition coefficient (Wildman–Crippen LogP) is 3.66. The summed E-state index contributed by atoms with van der Waals surface area (Å²) in [4.78, 5) is 37.4. The van der Waals surface area contributed by atoms with Crippen molar-refractivity contribution in [3.63, 3.8) is 0 Å². The summed E-state index contributed by atoms with van der Waals surface area (Å²) in [6, 6.07) is 6.79. The number of aryl methyl sites for hydroxylation is 3. The fourth-order valence-corrected chi connectivity index (χ4v) is 4.43. The molecule has 3 aromatic rings. The van der Waals surface area contributed by atoms with Crippen LogP contribution in [-0.4, -0.2) is 37.6 Å². The quantitative estimate of drug-likeness (QED) is 0.624. The summed E-state index contributed by atoms with van der Waals surface area (Å²) in [5.74, 6) is -0.602. The molecule has 1 fully saturated rings. The van der Waals surface area contributed by atoms with Gasteiger partial charge in [-0.15, -0.1) is 0 Å². The number of nitrogens with one attached hydrogen (secondary N) is 1. The number of benzene rings is 1. The molecule has 8 heteroatoms. The van der Waals surface area contributed by atoms with Crippen molar-refractivity contribution >= 4 is 17.5 Å². The zero-order valence-electron chi connectivity index (χ0n) is 19.4. The highest BCUT2D eigenvalue weighted by atomic mass is 16.2. The monoisotopic (exact) mass is 446 g/mol. The van der Waals surface area contributed by atoms with E-state index in [4.69, 9.17) is 0 Å². The molecule has 1 atom stereocenters. The minimum atomic E-state index is -0.891. The Morgan fingerprint density at radius 2 is 1.82 bits per heavy atom. The highest BCUT2D eigenvalue weighted by Crippen LogP contribution is 2.32. The summed E-state index contributed by atoms with van der Waals surface area (Å²) in [5, 5.41) is 7.67. The number of carbonyl (C=O) groups is 2. The van der Waals surface area contributed by atoms with Gasteiger partial charge in [-0.05, 0) is 38.8 Å². The van der Waals surface area contributed by atoms with Crippen LogP contribution in [0.2, 0.25) is 0 Å². The minimum absolute atomic E-state index is 0.109. The Hall–Kier alpha value is -3.55. The number of aromatic nitrogens is 4. The third-order valence-electron chi connectivity index (χ3n) is 6.12. The molecule has 0 radical (unpaired) electrons. The first-order valence-corrected chi connectivity index (χ1v) is 11.4. The van der Waals surface area contributed by atoms with Gasteiger partial charge in [0.05, 0.1) is 11.9 Å². The molecule has 2 amide bonds. The Bertz CT molecular complexity index is 1100. The zero-order chi connectivity index (χ0) is 23.4. The van der Waals surface area contributed by atoms with Crippen molar-refractivity contribution in [2.45, 2.75) is 58.0 Å². The van der Waals surface area contributed by atoms with Crippen LogP contribution in [0.5, 0.6) is 0 Å². The average molecular weight is 447 g/mol. The second-order valence-corrected chi connectivity index (χ2v) is 8.69. The van der Waals surface area contributed by atoms with Crippen LogP contribution in [0.1, 0.15) is 65.5 Å². The third-order valence-corrected chi connectivity index (χ3v) is 6.12. The van der Waals surface area contributed by atoms with E-state index in [0.717, 1.165) is 31.2 Å². The molecule has 1 aliphatic carbocycles. The van der Waals surface area contributed by atoms with Crippen molar-refractivity contribution in [1.29, 1.82) is 0 Å². The minimum Gasteiger partial charge on any atom is -0.351 e. The van der Waals surface area contributed by atoms with E-state index < -0.39 is 6.04 Å². The van der Waals surface area contributed by atoms with Gasteiger partial charge in [0.1, 0.15) is 11.7 Å². The fraction of sp³-hybridized carbons (Fsp3) is 0.400. The molecule has 1 unspecified atom stereocenters. The number of carbonyl (C=O) groups excluding carboxylic acids is 2. The van der Waals surface area contributed by atoms with Gasteiger partial charge in [-0.2, -0.15) is 5.10 Å². The van der Waals surface area contributed by atoms with Gasteiger partial charge in [-0.25, -0.2) is 4.98 Å². The summed E-state index contributed by atoms with van der Waals surface area (Å²) in [6.45, 7) is 3.84. The molecule has 0 saturated heterocycles. The molecule has 4 rings (SSSR count). The summed E-state index contributed by atoms with van der Waals surface area (Å²) < 4.78 is 1.67. The van der Waals surface area contributed by atoms with Crippen LogP contribution in [0.3, 0.4) is 0 Å². The maximum absolute atomic E-state index is 13.8. The van der Waals surface area contributed by atoms with Crippen molar-refractivity contribution in [2.24, 2.45) is 7.05 Å². The lowest BCUT2D eigenvalue weighted by molar-refractivity contribution is -0.123. The summed E-state index contributed by atoms with van der Waals surface area (Å²) in [5.41, 5.74) is 3.23. The normalized spacial score (nSPS) is 15.1. The molecule has 1 aromatic carbocycles. The summed E-state index contributed by atoms with van der Waals surface area (Å²) in [6.07, 6.45) is 11.5. The molecular formula is C25H30N6O2. The Balaban J connectivity index is 1.81. The highest BCUT2D eigenvalue weighted by molar-refractivity contribution is 6.09. The highest BCUT2D eigenvalue weighted by Gasteiger charge is 2.37. The molecule has 1 aliphatic rings. The van der Waals surface area contributed by atoms with Crippen LogP contribution in [0, 0.1) is 13.8 Å². The molecular weight excluding hydrogens is 416 g/mol. The maximum atomic E-state index is 13.8. The van der Waals surface area contributed by atoms with E-state index in [1.807, 2.05) is 51.4 Å². The van der Waals surface area contributed by atoms with Crippen molar-refractivity contribution in [3.8, 4) is 0 Å². The van der Waals surface area contributed by atoms with E-state index in [0.29, 0.717) is 16.9 Å². The SMILES string of the molecule is Cc1ccc(N(C(=O)c2cnccn2)C(C(=O)NC2CCCCC2)c2cn(C)nc2C)cc1. The van der Waals surface area contributed by atoms with Crippen LogP contribution in [-0.2, 0) is 11.8 Å². The predicted molar refractivity (Wildman–Crippen MR) is 126 cm³/mol. The molecule has 8 nitrogen and oxygen atoms in total. The van der Waals surface area contributed by atoms with Gasteiger partial charge >= 0.3 is 0 Å². The molecule has 2 aromatic heterocycles. The molecule has 2 heterocycles. The van der Waals surface area contributed by atoms with E-state index in [1.165, 1.54) is 29.9 Å². The smallest absolute Gasteiger partial charge is 0.279 e. The van der Waals surface area contributed by atoms with E-state index in [-0.39, 0.29) is 23.6 Å². The second kappa shape index (κ2) is 9.94. The lowest BCUT2D eigenvalue weighted by Crippen LogP contribution is -2.47. The third kappa shape index (κ3) is 5.10. The second-order valence-electron chi connectivity index (χ2n) is 8.69. The molecule has 33 heavy (non-hydrogen) atoms. The van der Waals surface area contributed by atoms with E-state index in [9.17, 15) is 9.59 Å². The van der Waals surface area contributed by atoms with Crippen LogP contribution < -0.4 is 10.2 Å². The van der Waals surface area contributed by atoms with Gasteiger partial charge in [-0.3, -0.25) is 24.2 Å². The zero-order valence-corrected chi connectivity index (χ0v) is 19.4. The molecule has 0 bridgehead atoms. The average Bonchev–Trinajstić information content (AvgIpc) is 3.16. The lowest BCUT2D eigenvalue weighted by Gasteiger charge is -2.33. The number of anilines is 1. The van der Waals surface area contributed by atoms with E-state index in [1.54, 1.807) is 4.68 Å². The Kier molecular flexibility index (Phi) is 6.82. The van der Waals surface area contributed by atoms with Gasteiger partial charge < -0.3 is 5.32 Å². The van der Waals surface area contributed by atoms with Crippen LogP contribution in [0.4, 0.5) is 5.69 Å². The Morgan fingerprint density at radius 1 is 1.09 bits per heavy atom. The first-order chi connectivity index (χ1) is 15.9. The summed E-state index contributed by atoms with van der Waals surface area (Å²) >= 11 is 0.